The van der Waals surface area contributed by atoms with Gasteiger partial charge in [-0.05, 0) is 80.8 Å². The van der Waals surface area contributed by atoms with Crippen molar-refractivity contribution in [3.63, 3.8) is 0 Å². The van der Waals surface area contributed by atoms with E-state index in [0.29, 0.717) is 47.1 Å². The van der Waals surface area contributed by atoms with Gasteiger partial charge < -0.3 is 5.32 Å². The average Bonchev–Trinajstić information content (AvgIpc) is 3.69. The number of fused-ring (bicyclic) bond motifs is 2. The Labute approximate surface area is 315 Å². The molecule has 3 fully saturated rings. The minimum absolute atomic E-state index is 0.0801. The molecule has 1 aliphatic carbocycles. The van der Waals surface area contributed by atoms with Crippen LogP contribution in [0, 0.1) is 5.92 Å². The third-order valence-corrected chi connectivity index (χ3v) is 11.4. The molecule has 5 aromatic rings. The topological polar surface area (TPSA) is 149 Å². The third kappa shape index (κ3) is 7.05. The van der Waals surface area contributed by atoms with Crippen LogP contribution in [0.3, 0.4) is 0 Å². The number of aryl methyl sites for hydroxylation is 1. The molecule has 2 aromatic carbocycles. The van der Waals surface area contributed by atoms with Gasteiger partial charge in [-0.3, -0.25) is 43.4 Å². The lowest BCUT2D eigenvalue weighted by Crippen LogP contribution is -2.49. The van der Waals surface area contributed by atoms with E-state index >= 15 is 8.78 Å². The number of anilines is 1. The zero-order valence-electron chi connectivity index (χ0n) is 30.2. The maximum Gasteiger partial charge on any atom is 0.434 e. The Morgan fingerprint density at radius 1 is 1.02 bits per heavy atom. The number of piperidine rings is 2. The summed E-state index contributed by atoms with van der Waals surface area (Å²) < 4.78 is 75.8. The van der Waals surface area contributed by atoms with Gasteiger partial charge in [-0.2, -0.15) is 18.3 Å². The number of nitrogens with one attached hydrogen (secondary N) is 2. The quantitative estimate of drug-likeness (QED) is 0.161. The van der Waals surface area contributed by atoms with Crippen LogP contribution < -0.4 is 16.3 Å². The Balaban J connectivity index is 0.889. The molecule has 3 aliphatic rings. The van der Waals surface area contributed by atoms with Gasteiger partial charge in [0.1, 0.15) is 11.7 Å². The van der Waals surface area contributed by atoms with Crippen LogP contribution in [-0.2, 0) is 22.8 Å². The highest BCUT2D eigenvalue weighted by Gasteiger charge is 2.47. The lowest BCUT2D eigenvalue weighted by atomic mass is 9.83. The number of para-hydroxylation sites is 1. The molecule has 294 valence electrons. The number of carbonyl (C=O) groups excluding carboxylic acids is 3. The number of imide groups is 1. The molecule has 2 saturated heterocycles. The minimum atomic E-state index is -4.74. The van der Waals surface area contributed by atoms with E-state index in [0.717, 1.165) is 37.3 Å². The zero-order valence-corrected chi connectivity index (χ0v) is 30.2. The molecule has 2 N–H and O–H groups in total. The fraction of sp³-hybridized carbons (Fsp3) is 0.447. The number of hydrogen-bond acceptors (Lipinski definition) is 8. The molecule has 2 atom stereocenters. The summed E-state index contributed by atoms with van der Waals surface area (Å²) >= 11 is 0. The normalized spacial score (nSPS) is 23.4. The largest absolute Gasteiger partial charge is 0.434 e. The van der Waals surface area contributed by atoms with Crippen molar-refractivity contribution in [2.24, 2.45) is 13.0 Å². The Morgan fingerprint density at radius 3 is 2.54 bits per heavy atom. The van der Waals surface area contributed by atoms with E-state index in [1.807, 2.05) is 15.8 Å². The molecule has 3 amide bonds. The second-order valence-electron chi connectivity index (χ2n) is 15.0. The van der Waals surface area contributed by atoms with Crippen molar-refractivity contribution >= 4 is 45.3 Å². The summed E-state index contributed by atoms with van der Waals surface area (Å²) in [6, 6.07) is 9.11. The number of benzene rings is 2. The van der Waals surface area contributed by atoms with Gasteiger partial charge in [0.25, 0.3) is 11.8 Å². The van der Waals surface area contributed by atoms with Crippen LogP contribution in [0.1, 0.15) is 84.7 Å². The maximum absolute atomic E-state index is 16.1. The molecule has 0 bridgehead atoms. The predicted octanol–water partition coefficient (Wildman–Crippen LogP) is 5.58. The van der Waals surface area contributed by atoms with Crippen molar-refractivity contribution in [1.29, 1.82) is 0 Å². The van der Waals surface area contributed by atoms with Gasteiger partial charge in [0, 0.05) is 37.3 Å². The number of imidazole rings is 1. The molecule has 8 rings (SSSR count). The van der Waals surface area contributed by atoms with Gasteiger partial charge in [-0.25, -0.2) is 18.6 Å². The number of halogens is 5. The van der Waals surface area contributed by atoms with Gasteiger partial charge in [0.05, 0.1) is 47.4 Å². The number of likely N-dealkylation sites (tertiary alicyclic amines) is 1. The van der Waals surface area contributed by atoms with E-state index in [4.69, 9.17) is 5.10 Å². The molecule has 18 heteroatoms. The SMILES string of the molecule is Cn1c(=O)n([C@@H]2CCC(=O)NC2=O)c2cccc([C@@H]3CCN(CC4CCC(n5cc6cc(NC(=O)c7cncc(C(F)(F)F)n7)ccc6n5)CC4)CC3(F)F)c21. The highest BCUT2D eigenvalue weighted by atomic mass is 19.4. The molecule has 13 nitrogen and oxygen atoms in total. The second kappa shape index (κ2) is 14.2. The third-order valence-electron chi connectivity index (χ3n) is 11.4. The molecule has 0 radical (unpaired) electrons. The summed E-state index contributed by atoms with van der Waals surface area (Å²) in [6.07, 6.45) is 2.29. The van der Waals surface area contributed by atoms with Crippen LogP contribution in [0.5, 0.6) is 0 Å². The molecule has 56 heavy (non-hydrogen) atoms. The molecular weight excluding hydrogens is 741 g/mol. The van der Waals surface area contributed by atoms with E-state index in [1.54, 1.807) is 36.4 Å². The number of carbonyl (C=O) groups is 3. The Bertz CT molecular complexity index is 2410. The van der Waals surface area contributed by atoms with Gasteiger partial charge in [0.2, 0.25) is 11.8 Å². The van der Waals surface area contributed by atoms with Crippen molar-refractivity contribution in [2.45, 2.75) is 75.0 Å². The van der Waals surface area contributed by atoms with Crippen LogP contribution >= 0.6 is 0 Å². The number of aromatic nitrogens is 6. The highest BCUT2D eigenvalue weighted by molar-refractivity contribution is 6.03. The van der Waals surface area contributed by atoms with Gasteiger partial charge in [0.15, 0.2) is 5.69 Å². The summed E-state index contributed by atoms with van der Waals surface area (Å²) in [5, 5.41) is 10.3. The van der Waals surface area contributed by atoms with Gasteiger partial charge in [-0.15, -0.1) is 0 Å². The number of amides is 3. The second-order valence-corrected chi connectivity index (χ2v) is 15.0. The molecule has 5 heterocycles. The van der Waals surface area contributed by atoms with Crippen LogP contribution in [0.25, 0.3) is 21.9 Å². The summed E-state index contributed by atoms with van der Waals surface area (Å²) in [5.74, 6) is -5.81. The summed E-state index contributed by atoms with van der Waals surface area (Å²) in [7, 11) is 1.52. The van der Waals surface area contributed by atoms with E-state index in [1.165, 1.54) is 16.2 Å². The van der Waals surface area contributed by atoms with Gasteiger partial charge in [-0.1, -0.05) is 12.1 Å². The first-order valence-corrected chi connectivity index (χ1v) is 18.5. The van der Waals surface area contributed by atoms with Crippen molar-refractivity contribution in [2.75, 3.05) is 25.0 Å². The van der Waals surface area contributed by atoms with Crippen molar-refractivity contribution in [3.8, 4) is 0 Å². The van der Waals surface area contributed by atoms with E-state index in [9.17, 15) is 32.3 Å². The fourth-order valence-corrected chi connectivity index (χ4v) is 8.60. The first-order valence-electron chi connectivity index (χ1n) is 18.5. The molecule has 0 spiro atoms. The van der Waals surface area contributed by atoms with E-state index < -0.39 is 65.4 Å². The summed E-state index contributed by atoms with van der Waals surface area (Å²) in [6.45, 7) is 0.575. The minimum Gasteiger partial charge on any atom is -0.321 e. The standard InChI is InChI=1S/C38H38F5N9O4/c1-49-33-25(3-2-4-29(33)52(36(49)56)30-11-12-32(53)47-35(30)55)26-13-14-50(20-37(26,39)40)18-21-5-8-24(9-6-21)51-19-22-15-23(7-10-27(22)48-51)45-34(54)28-16-44-17-31(46-28)38(41,42)43/h2-4,7,10,15-17,19,21,24,26,30H,5-6,8-9,11-14,18,20H2,1H3,(H,45,54)(H,47,53,55)/t21?,24?,26-,30+/m0/s1. The average molecular weight is 780 g/mol. The first kappa shape index (κ1) is 37.4. The molecule has 2 aliphatic heterocycles. The number of hydrogen-bond donors (Lipinski definition) is 2. The van der Waals surface area contributed by atoms with Crippen LogP contribution in [-0.4, -0.2) is 77.1 Å². The number of rotatable bonds is 7. The summed E-state index contributed by atoms with van der Waals surface area (Å²) in [4.78, 5) is 59.1. The lowest BCUT2D eigenvalue weighted by molar-refractivity contribution is -0.141. The van der Waals surface area contributed by atoms with Crippen LogP contribution in [0.4, 0.5) is 27.6 Å². The monoisotopic (exact) mass is 779 g/mol. The lowest BCUT2D eigenvalue weighted by Gasteiger charge is -2.41. The summed E-state index contributed by atoms with van der Waals surface area (Å²) in [5.41, 5.74) is -0.0651. The zero-order chi connectivity index (χ0) is 39.5. The molecule has 1 saturated carbocycles. The van der Waals surface area contributed by atoms with Crippen molar-refractivity contribution in [1.82, 2.24) is 39.1 Å². The molecule has 0 unspecified atom stereocenters. The van der Waals surface area contributed by atoms with Crippen molar-refractivity contribution in [3.05, 3.63) is 82.4 Å². The molecular formula is C38H38F5N9O4. The van der Waals surface area contributed by atoms with E-state index in [2.05, 4.69) is 20.6 Å². The Kier molecular flexibility index (Phi) is 9.49. The highest BCUT2D eigenvalue weighted by Crippen LogP contribution is 2.44. The fourth-order valence-electron chi connectivity index (χ4n) is 8.60. The van der Waals surface area contributed by atoms with Gasteiger partial charge >= 0.3 is 11.9 Å². The maximum atomic E-state index is 16.1. The van der Waals surface area contributed by atoms with Crippen LogP contribution in [0.15, 0.2) is 59.8 Å². The van der Waals surface area contributed by atoms with Crippen molar-refractivity contribution < 1.29 is 36.3 Å². The predicted molar refractivity (Wildman–Crippen MR) is 193 cm³/mol. The van der Waals surface area contributed by atoms with E-state index in [-0.39, 0.29) is 31.2 Å². The molecule has 3 aromatic heterocycles. The smallest absolute Gasteiger partial charge is 0.321 e. The number of alkyl halides is 5. The first-order chi connectivity index (χ1) is 26.7. The number of nitrogens with zero attached hydrogens (tertiary/aromatic N) is 7. The van der Waals surface area contributed by atoms with Crippen LogP contribution in [0.2, 0.25) is 0 Å². The Morgan fingerprint density at radius 2 is 1.80 bits per heavy atom. The Hall–Kier alpha value is -5.52.